The molecule has 0 atom stereocenters. The molecule has 7 heteroatoms. The SMILES string of the molecule is COc1ccc(C(=O)O)c(NCCCC(F)(F)F)c1. The van der Waals surface area contributed by atoms with Crippen LogP contribution in [0.25, 0.3) is 0 Å². The molecular formula is C12H14F3NO3. The van der Waals surface area contributed by atoms with E-state index in [-0.39, 0.29) is 24.2 Å². The topological polar surface area (TPSA) is 58.6 Å². The van der Waals surface area contributed by atoms with Crippen molar-refractivity contribution in [3.05, 3.63) is 23.8 Å². The Hall–Kier alpha value is -1.92. The number of carbonyl (C=O) groups is 1. The van der Waals surface area contributed by atoms with Gasteiger partial charge in [-0.3, -0.25) is 0 Å². The molecule has 4 nitrogen and oxygen atoms in total. The number of aromatic carboxylic acids is 1. The maximum absolute atomic E-state index is 12.0. The Morgan fingerprint density at radius 2 is 2.11 bits per heavy atom. The van der Waals surface area contributed by atoms with Crippen LogP contribution in [-0.4, -0.2) is 30.9 Å². The highest BCUT2D eigenvalue weighted by molar-refractivity contribution is 5.94. The van der Waals surface area contributed by atoms with Crippen molar-refractivity contribution < 1.29 is 27.8 Å². The fourth-order valence-electron chi connectivity index (χ4n) is 1.49. The molecule has 1 aromatic rings. The third kappa shape index (κ3) is 5.07. The number of carboxylic acid groups (broad SMARTS) is 1. The molecule has 19 heavy (non-hydrogen) atoms. The number of benzene rings is 1. The van der Waals surface area contributed by atoms with Gasteiger partial charge in [0.05, 0.1) is 18.4 Å². The van der Waals surface area contributed by atoms with E-state index in [1.165, 1.54) is 25.3 Å². The molecule has 0 spiro atoms. The molecule has 0 aliphatic rings. The molecular weight excluding hydrogens is 263 g/mol. The summed E-state index contributed by atoms with van der Waals surface area (Å²) in [6.45, 7) is 0.0347. The molecule has 0 bridgehead atoms. The van der Waals surface area contributed by atoms with Gasteiger partial charge in [-0.1, -0.05) is 0 Å². The molecule has 0 unspecified atom stereocenters. The Morgan fingerprint density at radius 3 is 2.63 bits per heavy atom. The quantitative estimate of drug-likeness (QED) is 0.784. The van der Waals surface area contributed by atoms with Crippen molar-refractivity contribution in [1.82, 2.24) is 0 Å². The highest BCUT2D eigenvalue weighted by Crippen LogP contribution is 2.24. The van der Waals surface area contributed by atoms with E-state index in [2.05, 4.69) is 5.32 Å². The predicted molar refractivity (Wildman–Crippen MR) is 63.7 cm³/mol. The largest absolute Gasteiger partial charge is 0.497 e. The number of methoxy groups -OCH3 is 1. The van der Waals surface area contributed by atoms with Crippen molar-refractivity contribution in [3.8, 4) is 5.75 Å². The lowest BCUT2D eigenvalue weighted by atomic mass is 10.1. The minimum Gasteiger partial charge on any atom is -0.497 e. The minimum absolute atomic E-state index is 0.00666. The fourth-order valence-corrected chi connectivity index (χ4v) is 1.49. The molecule has 0 aliphatic heterocycles. The summed E-state index contributed by atoms with van der Waals surface area (Å²) in [5, 5.41) is 11.6. The van der Waals surface area contributed by atoms with Crippen molar-refractivity contribution in [1.29, 1.82) is 0 Å². The number of nitrogens with one attached hydrogen (secondary N) is 1. The standard InChI is InChI=1S/C12H14F3NO3/c1-19-8-3-4-9(11(17)18)10(7-8)16-6-2-5-12(13,14)15/h3-4,7,16H,2,5-6H2,1H3,(H,17,18). The number of hydrogen-bond acceptors (Lipinski definition) is 3. The Labute approximate surface area is 108 Å². The van der Waals surface area contributed by atoms with Gasteiger partial charge in [-0.15, -0.1) is 0 Å². The highest BCUT2D eigenvalue weighted by atomic mass is 19.4. The van der Waals surface area contributed by atoms with Crippen LogP contribution in [0.15, 0.2) is 18.2 Å². The first-order chi connectivity index (χ1) is 8.83. The highest BCUT2D eigenvalue weighted by Gasteiger charge is 2.25. The number of hydrogen-bond donors (Lipinski definition) is 2. The van der Waals surface area contributed by atoms with Gasteiger partial charge in [-0.25, -0.2) is 4.79 Å². The van der Waals surface area contributed by atoms with Gasteiger partial charge in [-0.2, -0.15) is 13.2 Å². The summed E-state index contributed by atoms with van der Waals surface area (Å²) >= 11 is 0. The minimum atomic E-state index is -4.20. The van der Waals surface area contributed by atoms with Crippen molar-refractivity contribution in [2.24, 2.45) is 0 Å². The van der Waals surface area contributed by atoms with Crippen LogP contribution in [0.1, 0.15) is 23.2 Å². The second kappa shape index (κ2) is 6.31. The molecule has 0 aromatic heterocycles. The van der Waals surface area contributed by atoms with E-state index in [9.17, 15) is 18.0 Å². The second-order valence-corrected chi connectivity index (χ2v) is 3.86. The van der Waals surface area contributed by atoms with Gasteiger partial charge in [0.25, 0.3) is 0 Å². The summed E-state index contributed by atoms with van der Waals surface area (Å²) < 4.78 is 40.8. The van der Waals surface area contributed by atoms with Gasteiger partial charge in [0.2, 0.25) is 0 Å². The zero-order valence-corrected chi connectivity index (χ0v) is 10.3. The zero-order chi connectivity index (χ0) is 14.5. The number of anilines is 1. The normalized spacial score (nSPS) is 11.2. The maximum Gasteiger partial charge on any atom is 0.389 e. The number of carboxylic acids is 1. The van der Waals surface area contributed by atoms with Crippen LogP contribution in [0.4, 0.5) is 18.9 Å². The molecule has 1 aromatic carbocycles. The van der Waals surface area contributed by atoms with Crippen molar-refractivity contribution in [3.63, 3.8) is 0 Å². The molecule has 0 saturated carbocycles. The lowest BCUT2D eigenvalue weighted by Gasteiger charge is -2.12. The average Bonchev–Trinajstić information content (AvgIpc) is 2.33. The van der Waals surface area contributed by atoms with Gasteiger partial charge < -0.3 is 15.2 Å². The number of ether oxygens (including phenoxy) is 1. The van der Waals surface area contributed by atoms with Crippen LogP contribution >= 0.6 is 0 Å². The van der Waals surface area contributed by atoms with E-state index in [4.69, 9.17) is 9.84 Å². The summed E-state index contributed by atoms with van der Waals surface area (Å²) in [7, 11) is 1.42. The average molecular weight is 277 g/mol. The lowest BCUT2D eigenvalue weighted by molar-refractivity contribution is -0.134. The van der Waals surface area contributed by atoms with Crippen LogP contribution in [-0.2, 0) is 0 Å². The molecule has 2 N–H and O–H groups in total. The van der Waals surface area contributed by atoms with E-state index in [0.717, 1.165) is 0 Å². The Kier molecular flexibility index (Phi) is 5.02. The van der Waals surface area contributed by atoms with Gasteiger partial charge in [0.15, 0.2) is 0 Å². The third-order valence-corrected chi connectivity index (χ3v) is 2.41. The maximum atomic E-state index is 12.0. The second-order valence-electron chi connectivity index (χ2n) is 3.86. The third-order valence-electron chi connectivity index (χ3n) is 2.41. The van der Waals surface area contributed by atoms with Crippen LogP contribution in [0.5, 0.6) is 5.75 Å². The monoisotopic (exact) mass is 277 g/mol. The van der Waals surface area contributed by atoms with Crippen LogP contribution in [0.2, 0.25) is 0 Å². The summed E-state index contributed by atoms with van der Waals surface area (Å²) in [6, 6.07) is 4.26. The lowest BCUT2D eigenvalue weighted by Crippen LogP contribution is -2.12. The Morgan fingerprint density at radius 1 is 1.42 bits per heavy atom. The van der Waals surface area contributed by atoms with E-state index >= 15 is 0 Å². The van der Waals surface area contributed by atoms with Gasteiger partial charge in [0, 0.05) is 19.0 Å². The molecule has 0 amide bonds. The summed E-state index contributed by atoms with van der Waals surface area (Å²) in [5.41, 5.74) is 0.238. The van der Waals surface area contributed by atoms with Crippen LogP contribution in [0, 0.1) is 0 Å². The molecule has 1 rings (SSSR count). The molecule has 0 radical (unpaired) electrons. The Bertz CT molecular complexity index is 446. The van der Waals surface area contributed by atoms with Crippen LogP contribution in [0.3, 0.4) is 0 Å². The summed E-state index contributed by atoms with van der Waals surface area (Å²) in [6.07, 6.45) is -5.24. The van der Waals surface area contributed by atoms with Crippen molar-refractivity contribution >= 4 is 11.7 Å². The van der Waals surface area contributed by atoms with E-state index in [1.54, 1.807) is 0 Å². The predicted octanol–water partition coefficient (Wildman–Crippen LogP) is 3.15. The molecule has 0 fully saturated rings. The first-order valence-corrected chi connectivity index (χ1v) is 5.55. The number of alkyl halides is 3. The molecule has 0 heterocycles. The van der Waals surface area contributed by atoms with E-state index in [0.29, 0.717) is 5.75 Å². The van der Waals surface area contributed by atoms with Crippen molar-refractivity contribution in [2.75, 3.05) is 19.0 Å². The van der Waals surface area contributed by atoms with Crippen LogP contribution < -0.4 is 10.1 Å². The van der Waals surface area contributed by atoms with E-state index in [1.807, 2.05) is 0 Å². The van der Waals surface area contributed by atoms with Gasteiger partial charge in [0.1, 0.15) is 5.75 Å². The Balaban J connectivity index is 2.67. The first kappa shape index (κ1) is 15.1. The van der Waals surface area contributed by atoms with E-state index < -0.39 is 18.6 Å². The first-order valence-electron chi connectivity index (χ1n) is 5.55. The summed E-state index contributed by atoms with van der Waals surface area (Å²) in [4.78, 5) is 11.0. The smallest absolute Gasteiger partial charge is 0.389 e. The molecule has 0 saturated heterocycles. The van der Waals surface area contributed by atoms with Gasteiger partial charge >= 0.3 is 12.1 Å². The zero-order valence-electron chi connectivity index (χ0n) is 10.3. The fraction of sp³-hybridized carbons (Fsp3) is 0.417. The summed E-state index contributed by atoms with van der Waals surface area (Å²) in [5.74, 6) is -0.718. The molecule has 106 valence electrons. The molecule has 0 aliphatic carbocycles. The van der Waals surface area contributed by atoms with Crippen molar-refractivity contribution in [2.45, 2.75) is 19.0 Å². The number of rotatable bonds is 6. The van der Waals surface area contributed by atoms with Gasteiger partial charge in [-0.05, 0) is 18.6 Å². The number of halogens is 3.